The van der Waals surface area contributed by atoms with Crippen LogP contribution in [0.2, 0.25) is 0 Å². The maximum atomic E-state index is 12.3. The van der Waals surface area contributed by atoms with Crippen LogP contribution in [0.3, 0.4) is 0 Å². The van der Waals surface area contributed by atoms with E-state index in [0.29, 0.717) is 11.3 Å². The van der Waals surface area contributed by atoms with Gasteiger partial charge >= 0.3 is 5.97 Å². The van der Waals surface area contributed by atoms with Crippen LogP contribution in [0.1, 0.15) is 6.92 Å². The van der Waals surface area contributed by atoms with Gasteiger partial charge in [0.2, 0.25) is 0 Å². The van der Waals surface area contributed by atoms with Crippen molar-refractivity contribution in [1.82, 2.24) is 4.90 Å². The molecule has 20 heavy (non-hydrogen) atoms. The number of rotatable bonds is 3. The molecule has 0 saturated carbocycles. The van der Waals surface area contributed by atoms with E-state index in [4.69, 9.17) is 4.74 Å². The van der Waals surface area contributed by atoms with Crippen LogP contribution >= 0.6 is 11.8 Å². The molecule has 112 valence electrons. The van der Waals surface area contributed by atoms with Crippen molar-refractivity contribution in [3.05, 3.63) is 11.3 Å². The van der Waals surface area contributed by atoms with Crippen LogP contribution in [0.15, 0.2) is 11.3 Å². The molecule has 2 aliphatic rings. The van der Waals surface area contributed by atoms with Crippen LogP contribution in [0, 0.1) is 0 Å². The van der Waals surface area contributed by atoms with Gasteiger partial charge in [-0.15, -0.1) is 11.8 Å². The van der Waals surface area contributed by atoms with Crippen LogP contribution in [-0.2, 0) is 28.9 Å². The molecule has 0 N–H and O–H groups in total. The third-order valence-electron chi connectivity index (χ3n) is 3.41. The first-order valence-electron chi connectivity index (χ1n) is 5.70. The lowest BCUT2D eigenvalue weighted by molar-refractivity contribution is -0.169. The summed E-state index contributed by atoms with van der Waals surface area (Å²) in [6.07, 6.45) is 0.954. The molecule has 2 atom stereocenters. The maximum absolute atomic E-state index is 12.3. The van der Waals surface area contributed by atoms with Crippen LogP contribution < -0.4 is 0 Å². The highest BCUT2D eigenvalue weighted by molar-refractivity contribution is 8.02. The maximum Gasteiger partial charge on any atom is 0.354 e. The largest absolute Gasteiger partial charge is 0.464 e. The molecule has 0 aromatic heterocycles. The third-order valence-corrected chi connectivity index (χ3v) is 6.69. The first kappa shape index (κ1) is 15.3. The molecule has 0 bridgehead atoms. The number of carbonyl (C=O) groups excluding carboxylic acids is 2. The molecule has 1 fully saturated rings. The Morgan fingerprint density at radius 3 is 2.50 bits per heavy atom. The molecule has 0 unspecified atom stereocenters. The van der Waals surface area contributed by atoms with Gasteiger partial charge in [0.1, 0.15) is 11.1 Å². The Balaban J connectivity index is 2.51. The van der Waals surface area contributed by atoms with Crippen molar-refractivity contribution in [3.63, 3.8) is 0 Å². The Hall–Kier alpha value is -1.06. The normalized spacial score (nSPS) is 29.9. The SMILES string of the molecule is COC(=O)C1=C(C)CS[C@H]2N1C(=O)[C@@]2(OC)S(C)(=O)=O. The fraction of sp³-hybridized carbons (Fsp3) is 0.636. The van der Waals surface area contributed by atoms with Gasteiger partial charge in [-0.1, -0.05) is 0 Å². The molecule has 9 heteroatoms. The van der Waals surface area contributed by atoms with E-state index in [1.165, 1.54) is 26.0 Å². The minimum absolute atomic E-state index is 0.109. The van der Waals surface area contributed by atoms with Crippen molar-refractivity contribution < 1.29 is 27.5 Å². The summed E-state index contributed by atoms with van der Waals surface area (Å²) >= 11 is 1.25. The van der Waals surface area contributed by atoms with E-state index in [-0.39, 0.29) is 5.70 Å². The Kier molecular flexibility index (Phi) is 3.64. The minimum Gasteiger partial charge on any atom is -0.464 e. The van der Waals surface area contributed by atoms with Gasteiger partial charge in [-0.25, -0.2) is 13.2 Å². The topological polar surface area (TPSA) is 90.0 Å². The third kappa shape index (κ3) is 1.73. The Bertz CT molecular complexity index is 610. The van der Waals surface area contributed by atoms with Gasteiger partial charge in [-0.2, -0.15) is 0 Å². The van der Waals surface area contributed by atoms with Crippen LogP contribution in [0.25, 0.3) is 0 Å². The number of ether oxygens (including phenoxy) is 2. The Morgan fingerprint density at radius 1 is 1.45 bits per heavy atom. The van der Waals surface area contributed by atoms with E-state index in [9.17, 15) is 18.0 Å². The van der Waals surface area contributed by atoms with E-state index >= 15 is 0 Å². The Morgan fingerprint density at radius 2 is 2.05 bits per heavy atom. The van der Waals surface area contributed by atoms with Gasteiger partial charge in [0.05, 0.1) is 7.11 Å². The second-order valence-electron chi connectivity index (χ2n) is 4.60. The van der Waals surface area contributed by atoms with Crippen molar-refractivity contribution in [1.29, 1.82) is 0 Å². The predicted octanol–water partition coefficient (Wildman–Crippen LogP) is -0.264. The smallest absolute Gasteiger partial charge is 0.354 e. The number of thioether (sulfide) groups is 1. The number of amides is 1. The molecule has 0 aromatic carbocycles. The summed E-state index contributed by atoms with van der Waals surface area (Å²) < 4.78 is 33.6. The number of sulfone groups is 1. The molecule has 1 amide bonds. The lowest BCUT2D eigenvalue weighted by Gasteiger charge is -2.54. The quantitative estimate of drug-likeness (QED) is 0.522. The highest BCUT2D eigenvalue weighted by Gasteiger charge is 2.71. The molecule has 0 aliphatic carbocycles. The zero-order chi connectivity index (χ0) is 15.3. The van der Waals surface area contributed by atoms with Crippen molar-refractivity contribution in [2.24, 2.45) is 0 Å². The van der Waals surface area contributed by atoms with Crippen molar-refractivity contribution in [3.8, 4) is 0 Å². The summed E-state index contributed by atoms with van der Waals surface area (Å²) in [6, 6.07) is 0. The molecule has 2 heterocycles. The average molecular weight is 321 g/mol. The molecule has 0 spiro atoms. The van der Waals surface area contributed by atoms with E-state index in [0.717, 1.165) is 11.2 Å². The van der Waals surface area contributed by atoms with E-state index in [1.807, 2.05) is 0 Å². The number of nitrogens with zero attached hydrogens (tertiary/aromatic N) is 1. The van der Waals surface area contributed by atoms with Crippen LogP contribution in [-0.4, -0.2) is 61.7 Å². The van der Waals surface area contributed by atoms with Gasteiger partial charge < -0.3 is 9.47 Å². The number of hydrogen-bond donors (Lipinski definition) is 0. The second kappa shape index (κ2) is 4.74. The van der Waals surface area contributed by atoms with Gasteiger partial charge in [-0.3, -0.25) is 9.69 Å². The van der Waals surface area contributed by atoms with Crippen molar-refractivity contribution in [2.75, 3.05) is 26.2 Å². The zero-order valence-corrected chi connectivity index (χ0v) is 13.1. The number of carbonyl (C=O) groups is 2. The van der Waals surface area contributed by atoms with Gasteiger partial charge in [0.25, 0.3) is 10.8 Å². The fourth-order valence-corrected chi connectivity index (χ4v) is 5.65. The van der Waals surface area contributed by atoms with Gasteiger partial charge in [-0.05, 0) is 12.5 Å². The summed E-state index contributed by atoms with van der Waals surface area (Å²) in [5.74, 6) is -0.974. The second-order valence-corrected chi connectivity index (χ2v) is 7.82. The molecule has 2 rings (SSSR count). The lowest BCUT2D eigenvalue weighted by atomic mass is 10.1. The van der Waals surface area contributed by atoms with Gasteiger partial charge in [0.15, 0.2) is 9.84 Å². The number of hydrogen-bond acceptors (Lipinski definition) is 7. The van der Waals surface area contributed by atoms with Crippen LogP contribution in [0.4, 0.5) is 0 Å². The molecule has 2 aliphatic heterocycles. The van der Waals surface area contributed by atoms with Crippen molar-refractivity contribution in [2.45, 2.75) is 17.2 Å². The Labute approximate surface area is 121 Å². The van der Waals surface area contributed by atoms with E-state index in [1.54, 1.807) is 6.92 Å². The monoisotopic (exact) mass is 321 g/mol. The highest BCUT2D eigenvalue weighted by atomic mass is 32.2. The first-order chi connectivity index (χ1) is 9.22. The number of β-lactam (4-membered cyclic amide) rings is 1. The molecule has 0 aromatic rings. The zero-order valence-electron chi connectivity index (χ0n) is 11.5. The number of fused-ring (bicyclic) bond motifs is 1. The molecule has 1 saturated heterocycles. The van der Waals surface area contributed by atoms with Gasteiger partial charge in [0, 0.05) is 19.1 Å². The first-order valence-corrected chi connectivity index (χ1v) is 8.64. The summed E-state index contributed by atoms with van der Waals surface area (Å²) in [5, 5.41) is -0.771. The molecule has 0 radical (unpaired) electrons. The molecular weight excluding hydrogens is 306 g/mol. The lowest BCUT2D eigenvalue weighted by Crippen LogP contribution is -2.77. The number of methoxy groups -OCH3 is 2. The summed E-state index contributed by atoms with van der Waals surface area (Å²) in [7, 11) is -1.39. The summed E-state index contributed by atoms with van der Waals surface area (Å²) in [6.45, 7) is 1.70. The average Bonchev–Trinajstić information content (AvgIpc) is 2.37. The van der Waals surface area contributed by atoms with E-state index < -0.39 is 32.0 Å². The van der Waals surface area contributed by atoms with Crippen LogP contribution in [0.5, 0.6) is 0 Å². The molecule has 7 nitrogen and oxygen atoms in total. The fourth-order valence-electron chi connectivity index (χ4n) is 2.42. The summed E-state index contributed by atoms with van der Waals surface area (Å²) in [4.78, 5) is 23.4. The highest BCUT2D eigenvalue weighted by Crippen LogP contribution is 2.50. The summed E-state index contributed by atoms with van der Waals surface area (Å²) in [5.41, 5.74) is 0.780. The standard InChI is InChI=1S/C11H15NO6S2/c1-6-5-19-10-11(18-3,20(4,15)16)9(14)12(10)7(6)8(13)17-2/h10H,5H2,1-4H3/t10-,11-/m1/s1. The number of esters is 1. The van der Waals surface area contributed by atoms with Crippen molar-refractivity contribution >= 4 is 33.5 Å². The predicted molar refractivity (Wildman–Crippen MR) is 72.4 cm³/mol. The molecular formula is C11H15NO6S2. The van der Waals surface area contributed by atoms with E-state index in [2.05, 4.69) is 4.74 Å². The minimum atomic E-state index is -3.78.